The number of nitrogens with one attached hydrogen (secondary N) is 2. The second-order valence-corrected chi connectivity index (χ2v) is 6.16. The highest BCUT2D eigenvalue weighted by Gasteiger charge is 2.33. The molecule has 1 aromatic rings. The molecular formula is C15H22ClN3. The minimum atomic E-state index is 0.566. The average Bonchev–Trinajstić information content (AvgIpc) is 2.93. The van der Waals surface area contributed by atoms with Crippen LogP contribution in [-0.4, -0.2) is 23.6 Å². The van der Waals surface area contributed by atoms with Crippen LogP contribution in [0.5, 0.6) is 0 Å². The summed E-state index contributed by atoms with van der Waals surface area (Å²) in [5.74, 6) is 0.753. The molecule has 0 amide bonds. The first-order chi connectivity index (χ1) is 9.33. The Labute approximate surface area is 120 Å². The first kappa shape index (κ1) is 13.2. The molecule has 2 fully saturated rings. The summed E-state index contributed by atoms with van der Waals surface area (Å²) in [7, 11) is 0. The number of rotatable bonds is 3. The van der Waals surface area contributed by atoms with Crippen molar-refractivity contribution in [2.75, 3.05) is 11.9 Å². The van der Waals surface area contributed by atoms with Crippen LogP contribution in [0.15, 0.2) is 18.3 Å². The molecule has 3 rings (SSSR count). The van der Waals surface area contributed by atoms with Gasteiger partial charge < -0.3 is 10.6 Å². The molecule has 0 bridgehead atoms. The first-order valence-electron chi connectivity index (χ1n) is 7.44. The maximum atomic E-state index is 5.96. The normalized spacial score (nSPS) is 31.3. The van der Waals surface area contributed by atoms with E-state index in [9.17, 15) is 0 Å². The molecule has 19 heavy (non-hydrogen) atoms. The zero-order valence-corrected chi connectivity index (χ0v) is 12.0. The van der Waals surface area contributed by atoms with Crippen LogP contribution < -0.4 is 10.6 Å². The second-order valence-electron chi connectivity index (χ2n) is 5.77. The van der Waals surface area contributed by atoms with E-state index in [4.69, 9.17) is 11.6 Å². The lowest BCUT2D eigenvalue weighted by molar-refractivity contribution is 0.263. The van der Waals surface area contributed by atoms with Crippen LogP contribution in [0.4, 0.5) is 5.69 Å². The van der Waals surface area contributed by atoms with E-state index in [1.54, 1.807) is 6.20 Å². The van der Waals surface area contributed by atoms with Crippen LogP contribution in [0.25, 0.3) is 0 Å². The van der Waals surface area contributed by atoms with E-state index >= 15 is 0 Å². The van der Waals surface area contributed by atoms with Crippen LogP contribution in [-0.2, 0) is 0 Å². The summed E-state index contributed by atoms with van der Waals surface area (Å²) >= 11 is 5.96. The Morgan fingerprint density at radius 1 is 1.21 bits per heavy atom. The second kappa shape index (κ2) is 6.10. The van der Waals surface area contributed by atoms with Gasteiger partial charge in [-0.25, -0.2) is 4.98 Å². The molecular weight excluding hydrogens is 258 g/mol. The van der Waals surface area contributed by atoms with Gasteiger partial charge in [0.15, 0.2) is 0 Å². The van der Waals surface area contributed by atoms with Gasteiger partial charge in [-0.05, 0) is 50.3 Å². The van der Waals surface area contributed by atoms with Gasteiger partial charge in [-0.2, -0.15) is 0 Å². The van der Waals surface area contributed by atoms with Crippen molar-refractivity contribution >= 4 is 17.3 Å². The highest BCUT2D eigenvalue weighted by atomic mass is 35.5. The molecule has 0 radical (unpaired) electrons. The lowest BCUT2D eigenvalue weighted by Gasteiger charge is -2.36. The number of halogens is 1. The number of pyridine rings is 1. The molecule has 2 N–H and O–H groups in total. The molecule has 2 heterocycles. The van der Waals surface area contributed by atoms with Crippen LogP contribution in [0.3, 0.4) is 0 Å². The lowest BCUT2D eigenvalue weighted by Crippen LogP contribution is -2.43. The largest absolute Gasteiger partial charge is 0.382 e. The van der Waals surface area contributed by atoms with E-state index in [-0.39, 0.29) is 0 Å². The summed E-state index contributed by atoms with van der Waals surface area (Å²) in [5, 5.41) is 7.93. The summed E-state index contributed by atoms with van der Waals surface area (Å²) in [4.78, 5) is 4.04. The van der Waals surface area contributed by atoms with Gasteiger partial charge in [0, 0.05) is 24.0 Å². The molecule has 3 nitrogen and oxygen atoms in total. The summed E-state index contributed by atoms with van der Waals surface area (Å²) in [6, 6.07) is 5.22. The number of aromatic nitrogens is 1. The summed E-state index contributed by atoms with van der Waals surface area (Å²) < 4.78 is 0. The molecule has 1 aliphatic heterocycles. The Balaban J connectivity index is 1.69. The number of hydrogen-bond donors (Lipinski definition) is 2. The van der Waals surface area contributed by atoms with E-state index in [0.29, 0.717) is 17.2 Å². The van der Waals surface area contributed by atoms with Crippen molar-refractivity contribution in [2.45, 2.75) is 50.6 Å². The highest BCUT2D eigenvalue weighted by molar-refractivity contribution is 6.29. The van der Waals surface area contributed by atoms with E-state index in [2.05, 4.69) is 15.6 Å². The third kappa shape index (κ3) is 3.21. The molecule has 1 saturated heterocycles. The van der Waals surface area contributed by atoms with Crippen LogP contribution in [0.2, 0.25) is 5.15 Å². The lowest BCUT2D eigenvalue weighted by atomic mass is 9.79. The molecule has 3 atom stereocenters. The summed E-state index contributed by atoms with van der Waals surface area (Å²) in [6.07, 6.45) is 9.75. The average molecular weight is 280 g/mol. The van der Waals surface area contributed by atoms with Crippen molar-refractivity contribution in [3.05, 3.63) is 23.5 Å². The fourth-order valence-corrected chi connectivity index (χ4v) is 3.78. The predicted octanol–water partition coefficient (Wildman–Crippen LogP) is 3.46. The zero-order chi connectivity index (χ0) is 13.1. The number of nitrogens with zero attached hydrogens (tertiary/aromatic N) is 1. The van der Waals surface area contributed by atoms with E-state index in [0.717, 1.165) is 11.6 Å². The van der Waals surface area contributed by atoms with Crippen LogP contribution in [0, 0.1) is 5.92 Å². The molecule has 104 valence electrons. The maximum absolute atomic E-state index is 5.96. The smallest absolute Gasteiger partial charge is 0.131 e. The Hall–Kier alpha value is -0.800. The maximum Gasteiger partial charge on any atom is 0.131 e. The van der Waals surface area contributed by atoms with Crippen molar-refractivity contribution in [2.24, 2.45) is 5.92 Å². The topological polar surface area (TPSA) is 37.0 Å². The SMILES string of the molecule is Clc1cc(NC2CCCCC2C2CCCN2)ccn1. The van der Waals surface area contributed by atoms with Gasteiger partial charge in [0.1, 0.15) is 5.15 Å². The molecule has 1 saturated carbocycles. The minimum Gasteiger partial charge on any atom is -0.382 e. The van der Waals surface area contributed by atoms with Gasteiger partial charge in [-0.3, -0.25) is 0 Å². The molecule has 0 aromatic carbocycles. The van der Waals surface area contributed by atoms with Crippen molar-refractivity contribution in [3.63, 3.8) is 0 Å². The summed E-state index contributed by atoms with van der Waals surface area (Å²) in [6.45, 7) is 1.19. The van der Waals surface area contributed by atoms with Gasteiger partial charge in [-0.15, -0.1) is 0 Å². The van der Waals surface area contributed by atoms with Crippen LogP contribution in [0.1, 0.15) is 38.5 Å². The third-order valence-corrected chi connectivity index (χ3v) is 4.72. The van der Waals surface area contributed by atoms with E-state index in [1.165, 1.54) is 45.1 Å². The van der Waals surface area contributed by atoms with E-state index in [1.807, 2.05) is 12.1 Å². The Morgan fingerprint density at radius 2 is 2.11 bits per heavy atom. The van der Waals surface area contributed by atoms with Crippen molar-refractivity contribution < 1.29 is 0 Å². The Bertz CT molecular complexity index is 418. The molecule has 4 heteroatoms. The fraction of sp³-hybridized carbons (Fsp3) is 0.667. The van der Waals surface area contributed by atoms with Gasteiger partial charge in [0.2, 0.25) is 0 Å². The van der Waals surface area contributed by atoms with Gasteiger partial charge in [0.25, 0.3) is 0 Å². The highest BCUT2D eigenvalue weighted by Crippen LogP contribution is 2.32. The molecule has 0 spiro atoms. The Kier molecular flexibility index (Phi) is 4.24. The molecule has 1 aromatic heterocycles. The third-order valence-electron chi connectivity index (χ3n) is 4.51. The number of anilines is 1. The molecule has 2 aliphatic rings. The van der Waals surface area contributed by atoms with Gasteiger partial charge >= 0.3 is 0 Å². The van der Waals surface area contributed by atoms with Gasteiger partial charge in [0.05, 0.1) is 0 Å². The fourth-order valence-electron chi connectivity index (χ4n) is 3.60. The Morgan fingerprint density at radius 3 is 2.89 bits per heavy atom. The van der Waals surface area contributed by atoms with Crippen molar-refractivity contribution in [3.8, 4) is 0 Å². The molecule has 1 aliphatic carbocycles. The van der Waals surface area contributed by atoms with Gasteiger partial charge in [-0.1, -0.05) is 24.4 Å². The standard InChI is InChI=1S/C15H22ClN3/c16-15-10-11(7-9-18-15)19-14-5-2-1-4-12(14)13-6-3-8-17-13/h7,9-10,12-14,17H,1-6,8H2,(H,18,19). The predicted molar refractivity (Wildman–Crippen MR) is 79.6 cm³/mol. The monoisotopic (exact) mass is 279 g/mol. The molecule has 3 unspecified atom stereocenters. The van der Waals surface area contributed by atoms with Crippen LogP contribution >= 0.6 is 11.6 Å². The summed E-state index contributed by atoms with van der Waals surface area (Å²) in [5.41, 5.74) is 1.11. The van der Waals surface area contributed by atoms with E-state index < -0.39 is 0 Å². The quantitative estimate of drug-likeness (QED) is 0.832. The minimum absolute atomic E-state index is 0.566. The zero-order valence-electron chi connectivity index (χ0n) is 11.2. The number of hydrogen-bond acceptors (Lipinski definition) is 3. The van der Waals surface area contributed by atoms with Crippen molar-refractivity contribution in [1.82, 2.24) is 10.3 Å². The van der Waals surface area contributed by atoms with Crippen molar-refractivity contribution in [1.29, 1.82) is 0 Å². The first-order valence-corrected chi connectivity index (χ1v) is 7.82.